The number of aryl methyl sites for hydroxylation is 2. The van der Waals surface area contributed by atoms with Crippen LogP contribution < -0.4 is 21.3 Å². The van der Waals surface area contributed by atoms with Crippen LogP contribution >= 0.6 is 11.3 Å². The van der Waals surface area contributed by atoms with Gasteiger partial charge in [0.2, 0.25) is 0 Å². The van der Waals surface area contributed by atoms with E-state index in [1.165, 1.54) is 11.3 Å². The van der Waals surface area contributed by atoms with Gasteiger partial charge in [0.15, 0.2) is 5.82 Å². The zero-order valence-electron chi connectivity index (χ0n) is 19.9. The van der Waals surface area contributed by atoms with Gasteiger partial charge in [-0.2, -0.15) is 0 Å². The Morgan fingerprint density at radius 1 is 1.29 bits per heavy atom. The van der Waals surface area contributed by atoms with Gasteiger partial charge in [-0.3, -0.25) is 4.79 Å². The predicted octanol–water partition coefficient (Wildman–Crippen LogP) is 2.54. The number of fused-ring (bicyclic) bond motifs is 2. The van der Waals surface area contributed by atoms with Crippen LogP contribution in [0.5, 0.6) is 0 Å². The Hall–Kier alpha value is -2.75. The second-order valence-corrected chi connectivity index (χ2v) is 10.4. The molecule has 1 amide bonds. The molecule has 0 aromatic carbocycles. The number of aromatic nitrogens is 2. The normalized spacial score (nSPS) is 22.2. The summed E-state index contributed by atoms with van der Waals surface area (Å²) in [6.45, 7) is 4.41. The lowest BCUT2D eigenvalue weighted by atomic mass is 9.91. The first-order chi connectivity index (χ1) is 16.4. The average Bonchev–Trinajstić information content (AvgIpc) is 3.42. The van der Waals surface area contributed by atoms with E-state index >= 15 is 0 Å². The molecule has 4 N–H and O–H groups in total. The van der Waals surface area contributed by atoms with Crippen LogP contribution in [0.2, 0.25) is 0 Å². The summed E-state index contributed by atoms with van der Waals surface area (Å²) in [5.74, 6) is 1.24. The predicted molar refractivity (Wildman–Crippen MR) is 137 cm³/mol. The summed E-state index contributed by atoms with van der Waals surface area (Å²) < 4.78 is 5.40. The number of carbonyl (C=O) groups excluding carboxylic acids is 1. The molecule has 180 valence electrons. The molecular formula is C25H32N6O2S. The van der Waals surface area contributed by atoms with Crippen LogP contribution in [-0.4, -0.2) is 61.8 Å². The number of likely N-dealkylation sites (N-methyl/N-ethyl adjacent to an activating group) is 1. The summed E-state index contributed by atoms with van der Waals surface area (Å²) in [5.41, 5.74) is 10.4. The second-order valence-electron chi connectivity index (χ2n) is 9.39. The van der Waals surface area contributed by atoms with E-state index < -0.39 is 0 Å². The molecule has 0 radical (unpaired) electrons. The standard InChI is InChI=1S/C25H32N6O2S/c1-14-4-5-15-10-22(34-25(15)28-14)24(32)29-18-6-7-20-16(8-18)9-19(26)23(30-20)31-11-17(13-33-3)21(12-31)27-2/h4-5,9-10,17-18,21,27H,6-8,11-13,26H2,1-3H3,(H,29,32)/t17-,18+,21+/m1/s1. The van der Waals surface area contributed by atoms with Crippen molar-refractivity contribution in [2.45, 2.75) is 38.3 Å². The molecule has 0 spiro atoms. The maximum Gasteiger partial charge on any atom is 0.261 e. The van der Waals surface area contributed by atoms with Crippen molar-refractivity contribution in [1.82, 2.24) is 20.6 Å². The largest absolute Gasteiger partial charge is 0.396 e. The van der Waals surface area contributed by atoms with Gasteiger partial charge in [-0.25, -0.2) is 9.97 Å². The van der Waals surface area contributed by atoms with Crippen LogP contribution in [0.15, 0.2) is 24.3 Å². The Kier molecular flexibility index (Phi) is 6.42. The number of rotatable bonds is 6. The van der Waals surface area contributed by atoms with Gasteiger partial charge < -0.3 is 26.0 Å². The quantitative estimate of drug-likeness (QED) is 0.498. The molecule has 1 fully saturated rings. The third-order valence-corrected chi connectivity index (χ3v) is 8.01. The number of amides is 1. The first-order valence-corrected chi connectivity index (χ1v) is 12.6. The van der Waals surface area contributed by atoms with Crippen molar-refractivity contribution in [3.63, 3.8) is 0 Å². The highest BCUT2D eigenvalue weighted by Crippen LogP contribution is 2.32. The fourth-order valence-electron chi connectivity index (χ4n) is 5.18. The van der Waals surface area contributed by atoms with Crippen LogP contribution in [0.1, 0.15) is 33.0 Å². The number of thiophene rings is 1. The lowest BCUT2D eigenvalue weighted by molar-refractivity contribution is 0.0937. The number of ether oxygens (including phenoxy) is 1. The molecular weight excluding hydrogens is 448 g/mol. The van der Waals surface area contributed by atoms with Gasteiger partial charge in [-0.05, 0) is 57.0 Å². The maximum atomic E-state index is 12.9. The van der Waals surface area contributed by atoms with E-state index in [4.69, 9.17) is 15.5 Å². The lowest BCUT2D eigenvalue weighted by Gasteiger charge is -2.27. The molecule has 8 nitrogen and oxygen atoms in total. The number of nitrogen functional groups attached to an aromatic ring is 1. The van der Waals surface area contributed by atoms with Crippen LogP contribution in [-0.2, 0) is 17.6 Å². The molecule has 34 heavy (non-hydrogen) atoms. The van der Waals surface area contributed by atoms with E-state index in [2.05, 4.69) is 26.6 Å². The smallest absolute Gasteiger partial charge is 0.261 e. The highest BCUT2D eigenvalue weighted by Gasteiger charge is 2.34. The zero-order chi connectivity index (χ0) is 23.8. The van der Waals surface area contributed by atoms with Crippen molar-refractivity contribution < 1.29 is 9.53 Å². The Labute approximate surface area is 203 Å². The number of nitrogens with two attached hydrogens (primary N) is 1. The van der Waals surface area contributed by atoms with Crippen molar-refractivity contribution in [1.29, 1.82) is 0 Å². The van der Waals surface area contributed by atoms with Gasteiger partial charge >= 0.3 is 0 Å². The van der Waals surface area contributed by atoms with Crippen LogP contribution in [0.3, 0.4) is 0 Å². The van der Waals surface area contributed by atoms with Gasteiger partial charge in [-0.1, -0.05) is 6.07 Å². The number of hydrogen-bond donors (Lipinski definition) is 3. The number of nitrogens with one attached hydrogen (secondary N) is 2. The molecule has 3 aromatic rings. The van der Waals surface area contributed by atoms with E-state index in [1.54, 1.807) is 7.11 Å². The summed E-state index contributed by atoms with van der Waals surface area (Å²) in [4.78, 5) is 26.3. The molecule has 0 unspecified atom stereocenters. The van der Waals surface area contributed by atoms with Crippen LogP contribution in [0.25, 0.3) is 10.2 Å². The van der Waals surface area contributed by atoms with Crippen LogP contribution in [0.4, 0.5) is 11.5 Å². The van der Waals surface area contributed by atoms with E-state index in [9.17, 15) is 4.79 Å². The van der Waals surface area contributed by atoms with Crippen molar-refractivity contribution in [2.75, 3.05) is 44.5 Å². The molecule has 1 aliphatic heterocycles. The van der Waals surface area contributed by atoms with E-state index in [1.807, 2.05) is 32.2 Å². The summed E-state index contributed by atoms with van der Waals surface area (Å²) in [6.07, 6.45) is 2.43. The van der Waals surface area contributed by atoms with E-state index in [0.29, 0.717) is 29.1 Å². The topological polar surface area (TPSA) is 105 Å². The second kappa shape index (κ2) is 9.48. The number of nitrogens with zero attached hydrogens (tertiary/aromatic N) is 3. The van der Waals surface area contributed by atoms with E-state index in [-0.39, 0.29) is 11.9 Å². The monoisotopic (exact) mass is 480 g/mol. The fraction of sp³-hybridized carbons (Fsp3) is 0.480. The van der Waals surface area contributed by atoms with Crippen LogP contribution in [0, 0.1) is 12.8 Å². The minimum Gasteiger partial charge on any atom is -0.396 e. The Morgan fingerprint density at radius 3 is 2.94 bits per heavy atom. The summed E-state index contributed by atoms with van der Waals surface area (Å²) in [7, 11) is 3.74. The van der Waals surface area contributed by atoms with Crippen molar-refractivity contribution in [3.8, 4) is 0 Å². The minimum absolute atomic E-state index is 0.0361. The summed E-state index contributed by atoms with van der Waals surface area (Å²) in [5, 5.41) is 7.62. The third-order valence-electron chi connectivity index (χ3n) is 6.97. The molecule has 4 heterocycles. The van der Waals surface area contributed by atoms with Gasteiger partial charge in [0, 0.05) is 55.0 Å². The first kappa shape index (κ1) is 23.0. The van der Waals surface area contributed by atoms with Crippen molar-refractivity contribution in [2.24, 2.45) is 5.92 Å². The number of hydrogen-bond acceptors (Lipinski definition) is 8. The third kappa shape index (κ3) is 4.47. The van der Waals surface area contributed by atoms with Gasteiger partial charge in [0.1, 0.15) is 4.83 Å². The summed E-state index contributed by atoms with van der Waals surface area (Å²) >= 11 is 1.44. The molecule has 1 aliphatic carbocycles. The SMILES string of the molecule is CN[C@H]1CN(c2nc3c(cc2N)C[C@@H](NC(=O)c2cc4ccc(C)nc4s2)CC3)C[C@@H]1COC. The lowest BCUT2D eigenvalue weighted by Crippen LogP contribution is -2.39. The van der Waals surface area contributed by atoms with Gasteiger partial charge in [0.25, 0.3) is 5.91 Å². The van der Waals surface area contributed by atoms with Gasteiger partial charge in [-0.15, -0.1) is 11.3 Å². The van der Waals surface area contributed by atoms with Crippen molar-refractivity contribution in [3.05, 3.63) is 46.1 Å². The Balaban J connectivity index is 1.28. The highest BCUT2D eigenvalue weighted by atomic mass is 32.1. The molecule has 5 rings (SSSR count). The Bertz CT molecular complexity index is 1210. The first-order valence-electron chi connectivity index (χ1n) is 11.8. The molecule has 0 bridgehead atoms. The number of methoxy groups -OCH3 is 1. The van der Waals surface area contributed by atoms with E-state index in [0.717, 1.165) is 65.3 Å². The molecule has 0 saturated carbocycles. The van der Waals surface area contributed by atoms with Crippen molar-refractivity contribution >= 4 is 39.0 Å². The molecule has 3 aromatic heterocycles. The van der Waals surface area contributed by atoms with Gasteiger partial charge in [0.05, 0.1) is 17.2 Å². The minimum atomic E-state index is -0.0361. The number of anilines is 2. The highest BCUT2D eigenvalue weighted by molar-refractivity contribution is 7.20. The fourth-order valence-corrected chi connectivity index (χ4v) is 6.16. The summed E-state index contributed by atoms with van der Waals surface area (Å²) in [6, 6.07) is 8.39. The zero-order valence-corrected chi connectivity index (χ0v) is 20.7. The molecule has 9 heteroatoms. The Morgan fingerprint density at radius 2 is 2.15 bits per heavy atom. The molecule has 2 aliphatic rings. The molecule has 3 atom stereocenters. The molecule has 1 saturated heterocycles. The number of pyridine rings is 2. The number of carbonyl (C=O) groups is 1. The average molecular weight is 481 g/mol. The maximum absolute atomic E-state index is 12.9.